The number of hydrogen-bond acceptors (Lipinski definition) is 4. The summed E-state index contributed by atoms with van der Waals surface area (Å²) in [4.78, 5) is 27.9. The van der Waals surface area contributed by atoms with Crippen LogP contribution in [-0.2, 0) is 10.5 Å². The summed E-state index contributed by atoms with van der Waals surface area (Å²) in [5.74, 6) is 0.273. The minimum atomic E-state index is -0.471. The molecule has 3 aliphatic heterocycles. The summed E-state index contributed by atoms with van der Waals surface area (Å²) >= 11 is 19.7. The van der Waals surface area contributed by atoms with Crippen molar-refractivity contribution in [2.45, 2.75) is 24.0 Å². The van der Waals surface area contributed by atoms with E-state index < -0.39 is 5.91 Å². The van der Waals surface area contributed by atoms with Crippen LogP contribution in [-0.4, -0.2) is 35.2 Å². The van der Waals surface area contributed by atoms with Crippen molar-refractivity contribution >= 4 is 58.4 Å². The molecule has 3 fully saturated rings. The lowest BCUT2D eigenvalue weighted by Crippen LogP contribution is -2.59. The highest BCUT2D eigenvalue weighted by Crippen LogP contribution is 2.42. The normalized spacial score (nSPS) is 24.6. The predicted molar refractivity (Wildman–Crippen MR) is 126 cm³/mol. The molecule has 164 valence electrons. The predicted octanol–water partition coefficient (Wildman–Crippen LogP) is 5.01. The lowest BCUT2D eigenvalue weighted by molar-refractivity contribution is -0.133. The fraction of sp³-hybridized carbons (Fsp3) is 0.364. The first-order valence-corrected chi connectivity index (χ1v) is 12.3. The van der Waals surface area contributed by atoms with Crippen LogP contribution in [0.1, 0.15) is 28.8 Å². The van der Waals surface area contributed by atoms with Gasteiger partial charge in [-0.3, -0.25) is 25.3 Å². The number of benzene rings is 2. The Morgan fingerprint density at radius 3 is 2.32 bits per heavy atom. The van der Waals surface area contributed by atoms with Crippen molar-refractivity contribution in [3.8, 4) is 0 Å². The molecule has 0 radical (unpaired) electrons. The van der Waals surface area contributed by atoms with Crippen molar-refractivity contribution in [2.75, 3.05) is 13.1 Å². The molecular formula is C22H22Cl3N3O2S. The van der Waals surface area contributed by atoms with E-state index in [0.717, 1.165) is 31.7 Å². The summed E-state index contributed by atoms with van der Waals surface area (Å²) in [5, 5.41) is 1.46. The number of amides is 2. The maximum Gasteiger partial charge on any atom is 0.271 e. The van der Waals surface area contributed by atoms with Crippen molar-refractivity contribution in [2.24, 2.45) is 11.8 Å². The Kier molecular flexibility index (Phi) is 7.34. The van der Waals surface area contributed by atoms with E-state index in [1.807, 2.05) is 24.3 Å². The summed E-state index contributed by atoms with van der Waals surface area (Å²) in [5.41, 5.74) is 6.56. The number of carbonyl (C=O) groups excluding carboxylic acids is 2. The molecule has 0 spiro atoms. The molecule has 0 aromatic heterocycles. The minimum Gasteiger partial charge on any atom is -0.291 e. The SMILES string of the molecule is O=C(NNC(=O)[C@@H]1C2CCN(CC2)[C@H]1SCc1ccc(Cl)cc1)c1ccc(Cl)cc1Cl. The van der Waals surface area contributed by atoms with E-state index >= 15 is 0 Å². The number of carbonyl (C=O) groups is 2. The molecule has 5 nitrogen and oxygen atoms in total. The van der Waals surface area contributed by atoms with E-state index in [2.05, 4.69) is 15.8 Å². The van der Waals surface area contributed by atoms with Gasteiger partial charge in [-0.2, -0.15) is 0 Å². The van der Waals surface area contributed by atoms with Gasteiger partial charge < -0.3 is 0 Å². The first-order chi connectivity index (χ1) is 14.9. The number of hydrazine groups is 1. The van der Waals surface area contributed by atoms with Gasteiger partial charge in [0.1, 0.15) is 0 Å². The van der Waals surface area contributed by atoms with Gasteiger partial charge in [0.25, 0.3) is 5.91 Å². The first-order valence-electron chi connectivity index (χ1n) is 10.1. The Morgan fingerprint density at radius 2 is 1.65 bits per heavy atom. The lowest BCUT2D eigenvalue weighted by Gasteiger charge is -2.49. The van der Waals surface area contributed by atoms with E-state index in [1.165, 1.54) is 17.7 Å². The fourth-order valence-corrected chi connectivity index (χ4v) is 6.40. The smallest absolute Gasteiger partial charge is 0.271 e. The van der Waals surface area contributed by atoms with Crippen LogP contribution in [0.4, 0.5) is 0 Å². The Morgan fingerprint density at radius 1 is 0.968 bits per heavy atom. The Labute approximate surface area is 200 Å². The van der Waals surface area contributed by atoms with Gasteiger partial charge in [0, 0.05) is 15.8 Å². The zero-order valence-electron chi connectivity index (χ0n) is 16.6. The van der Waals surface area contributed by atoms with Crippen LogP contribution in [0.25, 0.3) is 0 Å². The molecule has 31 heavy (non-hydrogen) atoms. The zero-order chi connectivity index (χ0) is 22.0. The Balaban J connectivity index is 1.40. The molecule has 5 rings (SSSR count). The van der Waals surface area contributed by atoms with Gasteiger partial charge in [0.15, 0.2) is 0 Å². The van der Waals surface area contributed by atoms with Crippen LogP contribution < -0.4 is 10.9 Å². The average Bonchev–Trinajstić information content (AvgIpc) is 2.77. The third-order valence-corrected chi connectivity index (χ3v) is 8.09. The molecule has 2 N–H and O–H groups in total. The van der Waals surface area contributed by atoms with Crippen LogP contribution in [0.15, 0.2) is 42.5 Å². The molecule has 0 saturated carbocycles. The molecule has 9 heteroatoms. The molecule has 0 aliphatic carbocycles. The van der Waals surface area contributed by atoms with E-state index in [0.29, 0.717) is 16.0 Å². The van der Waals surface area contributed by atoms with Crippen LogP contribution in [0.3, 0.4) is 0 Å². The van der Waals surface area contributed by atoms with Crippen LogP contribution >= 0.6 is 46.6 Å². The summed E-state index contributed by atoms with van der Waals surface area (Å²) in [7, 11) is 0. The quantitative estimate of drug-likeness (QED) is 0.569. The zero-order valence-corrected chi connectivity index (χ0v) is 19.7. The van der Waals surface area contributed by atoms with E-state index in [9.17, 15) is 9.59 Å². The minimum absolute atomic E-state index is 0.0687. The highest BCUT2D eigenvalue weighted by molar-refractivity contribution is 7.99. The van der Waals surface area contributed by atoms with Crippen molar-refractivity contribution in [1.82, 2.24) is 15.8 Å². The molecule has 3 saturated heterocycles. The maximum absolute atomic E-state index is 13.1. The van der Waals surface area contributed by atoms with Gasteiger partial charge in [-0.05, 0) is 67.7 Å². The van der Waals surface area contributed by atoms with Crippen molar-refractivity contribution in [1.29, 1.82) is 0 Å². The Bertz CT molecular complexity index is 965. The summed E-state index contributed by atoms with van der Waals surface area (Å²) < 4.78 is 0. The monoisotopic (exact) mass is 497 g/mol. The molecule has 3 aliphatic rings. The molecule has 2 atom stereocenters. The van der Waals surface area contributed by atoms with Gasteiger partial charge >= 0.3 is 0 Å². The number of hydrogen-bond donors (Lipinski definition) is 2. The average molecular weight is 499 g/mol. The van der Waals surface area contributed by atoms with E-state index in [1.54, 1.807) is 17.8 Å². The molecule has 3 heterocycles. The topological polar surface area (TPSA) is 61.4 Å². The van der Waals surface area contributed by atoms with Gasteiger partial charge in [-0.25, -0.2) is 0 Å². The lowest BCUT2D eigenvalue weighted by atomic mass is 9.78. The number of rotatable bonds is 5. The number of thioether (sulfide) groups is 1. The Hall–Kier alpha value is -1.44. The van der Waals surface area contributed by atoms with Gasteiger partial charge in [-0.15, -0.1) is 11.8 Å². The highest BCUT2D eigenvalue weighted by atomic mass is 35.5. The van der Waals surface area contributed by atoms with Gasteiger partial charge in [-0.1, -0.05) is 46.9 Å². The standard InChI is InChI=1S/C22H22Cl3N3O2S/c23-15-3-1-13(2-4-15)12-31-22-19(14-7-9-28(22)10-8-14)21(30)27-26-20(29)17-6-5-16(24)11-18(17)25/h1-6,11,14,19,22H,7-10,12H2,(H,26,29)(H,27,30)/t19-,22-/m0/s1. The van der Waals surface area contributed by atoms with Crippen molar-refractivity contribution in [3.63, 3.8) is 0 Å². The first kappa shape index (κ1) is 22.7. The second kappa shape index (κ2) is 10.0. The molecule has 2 bridgehead atoms. The second-order valence-corrected chi connectivity index (χ2v) is 10.2. The third-order valence-electron chi connectivity index (χ3n) is 5.86. The summed E-state index contributed by atoms with van der Waals surface area (Å²) in [6.45, 7) is 2.00. The second-order valence-electron chi connectivity index (χ2n) is 7.79. The van der Waals surface area contributed by atoms with E-state index in [-0.39, 0.29) is 27.8 Å². The molecule has 2 aromatic rings. The number of fused-ring (bicyclic) bond motifs is 3. The maximum atomic E-state index is 13.1. The van der Waals surface area contributed by atoms with Crippen molar-refractivity contribution in [3.05, 3.63) is 68.7 Å². The van der Waals surface area contributed by atoms with Crippen LogP contribution in [0, 0.1) is 11.8 Å². The molecule has 2 aromatic carbocycles. The van der Waals surface area contributed by atoms with Crippen LogP contribution in [0.5, 0.6) is 0 Å². The van der Waals surface area contributed by atoms with Gasteiger partial charge in [0.2, 0.25) is 5.91 Å². The number of nitrogens with one attached hydrogen (secondary N) is 2. The summed E-state index contributed by atoms with van der Waals surface area (Å²) in [6.07, 6.45) is 1.99. The molecular weight excluding hydrogens is 477 g/mol. The van der Waals surface area contributed by atoms with Crippen molar-refractivity contribution < 1.29 is 9.59 Å². The van der Waals surface area contributed by atoms with Crippen LogP contribution in [0.2, 0.25) is 15.1 Å². The summed E-state index contributed by atoms with van der Waals surface area (Å²) in [6, 6.07) is 12.4. The number of nitrogens with zero attached hydrogens (tertiary/aromatic N) is 1. The highest BCUT2D eigenvalue weighted by Gasteiger charge is 2.46. The number of halogens is 3. The van der Waals surface area contributed by atoms with Gasteiger partial charge in [0.05, 0.1) is 21.9 Å². The fourth-order valence-electron chi connectivity index (χ4n) is 4.25. The third kappa shape index (κ3) is 5.32. The van der Waals surface area contributed by atoms with E-state index in [4.69, 9.17) is 34.8 Å². The molecule has 2 amide bonds. The molecule has 0 unspecified atom stereocenters. The number of piperidine rings is 3. The largest absolute Gasteiger partial charge is 0.291 e.